The zero-order valence-electron chi connectivity index (χ0n) is 13.9. The van der Waals surface area contributed by atoms with Crippen molar-refractivity contribution in [3.05, 3.63) is 81.5 Å². The lowest BCUT2D eigenvalue weighted by Crippen LogP contribution is -2.00. The molecule has 0 aliphatic heterocycles. The molecule has 4 aromatic rings. The second-order valence-corrected chi connectivity index (χ2v) is 6.25. The van der Waals surface area contributed by atoms with E-state index in [1.807, 2.05) is 30.3 Å². The van der Waals surface area contributed by atoms with Crippen LogP contribution in [0, 0.1) is 6.92 Å². The fourth-order valence-electron chi connectivity index (χ4n) is 2.77. The molecule has 2 heterocycles. The van der Waals surface area contributed by atoms with Crippen molar-refractivity contribution in [3.63, 3.8) is 0 Å². The summed E-state index contributed by atoms with van der Waals surface area (Å²) >= 11 is 6.39. The van der Waals surface area contributed by atoms with Gasteiger partial charge in [0.05, 0.1) is 5.02 Å². The number of halogens is 1. The fraction of sp³-hybridized carbons (Fsp3) is 0.100. The quantitative estimate of drug-likeness (QED) is 0.475. The monoisotopic (exact) mass is 367 g/mol. The second kappa shape index (κ2) is 6.69. The van der Waals surface area contributed by atoms with Gasteiger partial charge in [-0.25, -0.2) is 4.79 Å². The number of hydrogen-bond acceptors (Lipinski definition) is 5. The maximum atomic E-state index is 12.0. The molecule has 0 saturated carbocycles. The smallest absolute Gasteiger partial charge is 0.336 e. The van der Waals surface area contributed by atoms with Crippen LogP contribution in [-0.2, 0) is 6.61 Å². The highest BCUT2D eigenvalue weighted by atomic mass is 35.5. The summed E-state index contributed by atoms with van der Waals surface area (Å²) in [6.45, 7) is 2.00. The Morgan fingerprint density at radius 3 is 2.65 bits per heavy atom. The van der Waals surface area contributed by atoms with E-state index in [0.717, 1.165) is 16.5 Å². The normalized spacial score (nSPS) is 11.0. The highest BCUT2D eigenvalue weighted by Gasteiger charge is 2.13. The molecule has 6 heteroatoms. The van der Waals surface area contributed by atoms with E-state index in [2.05, 4.69) is 5.16 Å². The highest BCUT2D eigenvalue weighted by molar-refractivity contribution is 6.33. The molecule has 0 radical (unpaired) electrons. The van der Waals surface area contributed by atoms with E-state index in [0.29, 0.717) is 27.8 Å². The molecule has 0 saturated heterocycles. The number of rotatable bonds is 4. The van der Waals surface area contributed by atoms with Gasteiger partial charge in [-0.1, -0.05) is 47.1 Å². The van der Waals surface area contributed by atoms with Gasteiger partial charge in [0.25, 0.3) is 0 Å². The predicted octanol–water partition coefficient (Wildman–Crippen LogP) is 4.99. The number of fused-ring (bicyclic) bond motifs is 1. The van der Waals surface area contributed by atoms with Gasteiger partial charge in [0.15, 0.2) is 0 Å². The second-order valence-electron chi connectivity index (χ2n) is 5.84. The maximum absolute atomic E-state index is 12.0. The van der Waals surface area contributed by atoms with Gasteiger partial charge in [0, 0.05) is 23.6 Å². The van der Waals surface area contributed by atoms with Crippen LogP contribution >= 0.6 is 11.6 Å². The van der Waals surface area contributed by atoms with Crippen molar-refractivity contribution in [1.82, 2.24) is 5.16 Å². The van der Waals surface area contributed by atoms with Crippen LogP contribution in [0.25, 0.3) is 22.1 Å². The molecule has 26 heavy (non-hydrogen) atoms. The van der Waals surface area contributed by atoms with Crippen molar-refractivity contribution in [2.45, 2.75) is 13.5 Å². The number of benzene rings is 2. The van der Waals surface area contributed by atoms with Gasteiger partial charge in [0.1, 0.15) is 29.4 Å². The number of aryl methyl sites for hydroxylation is 1. The van der Waals surface area contributed by atoms with Crippen LogP contribution in [0.1, 0.15) is 11.5 Å². The van der Waals surface area contributed by atoms with E-state index in [4.69, 9.17) is 25.3 Å². The molecule has 130 valence electrons. The number of ether oxygens (including phenoxy) is 1. The maximum Gasteiger partial charge on any atom is 0.336 e. The number of nitrogens with zero attached hydrogens (tertiary/aromatic N) is 1. The highest BCUT2D eigenvalue weighted by Crippen LogP contribution is 2.35. The Bertz CT molecular complexity index is 1130. The average Bonchev–Trinajstić information content (AvgIpc) is 3.06. The summed E-state index contributed by atoms with van der Waals surface area (Å²) in [7, 11) is 0. The molecule has 0 unspecified atom stereocenters. The fourth-order valence-corrected chi connectivity index (χ4v) is 2.99. The van der Waals surface area contributed by atoms with Crippen molar-refractivity contribution in [2.24, 2.45) is 0 Å². The first-order valence-electron chi connectivity index (χ1n) is 7.98. The summed E-state index contributed by atoms with van der Waals surface area (Å²) in [5.41, 5.74) is 2.30. The summed E-state index contributed by atoms with van der Waals surface area (Å²) in [5, 5.41) is 5.04. The third-order valence-corrected chi connectivity index (χ3v) is 4.23. The minimum Gasteiger partial charge on any atom is -0.485 e. The summed E-state index contributed by atoms with van der Waals surface area (Å²) in [5.74, 6) is 1.11. The molecule has 0 spiro atoms. The van der Waals surface area contributed by atoms with Gasteiger partial charge in [-0.05, 0) is 24.1 Å². The molecular weight excluding hydrogens is 354 g/mol. The Labute approximate surface area is 153 Å². The standard InChI is InChI=1S/C20H14ClNO4/c1-12-7-14(22-26-12)11-24-19-10-18-16(8-17(19)21)15(9-20(23)25-18)13-5-3-2-4-6-13/h2-10H,11H2,1H3. The third kappa shape index (κ3) is 3.21. The topological polar surface area (TPSA) is 65.5 Å². The Balaban J connectivity index is 1.76. The van der Waals surface area contributed by atoms with Gasteiger partial charge < -0.3 is 13.7 Å². The van der Waals surface area contributed by atoms with E-state index in [1.165, 1.54) is 6.07 Å². The lowest BCUT2D eigenvalue weighted by Gasteiger charge is -2.10. The Hall–Kier alpha value is -3.05. The first kappa shape index (κ1) is 16.4. The SMILES string of the molecule is Cc1cc(COc2cc3oc(=O)cc(-c4ccccc4)c3cc2Cl)no1. The van der Waals surface area contributed by atoms with Gasteiger partial charge >= 0.3 is 5.63 Å². The molecule has 2 aromatic heterocycles. The van der Waals surface area contributed by atoms with E-state index in [1.54, 1.807) is 25.1 Å². The van der Waals surface area contributed by atoms with E-state index >= 15 is 0 Å². The molecule has 0 aliphatic rings. The van der Waals surface area contributed by atoms with Crippen molar-refractivity contribution in [3.8, 4) is 16.9 Å². The predicted molar refractivity (Wildman–Crippen MR) is 98.5 cm³/mol. The third-order valence-electron chi connectivity index (χ3n) is 3.93. The lowest BCUT2D eigenvalue weighted by molar-refractivity contribution is 0.288. The largest absolute Gasteiger partial charge is 0.485 e. The molecule has 0 amide bonds. The van der Waals surface area contributed by atoms with Gasteiger partial charge in [-0.3, -0.25) is 0 Å². The van der Waals surface area contributed by atoms with Crippen LogP contribution in [0.4, 0.5) is 0 Å². The van der Waals surface area contributed by atoms with Crippen LogP contribution in [0.3, 0.4) is 0 Å². The van der Waals surface area contributed by atoms with E-state index in [-0.39, 0.29) is 6.61 Å². The minimum absolute atomic E-state index is 0.200. The lowest BCUT2D eigenvalue weighted by atomic mass is 10.0. The Morgan fingerprint density at radius 1 is 1.12 bits per heavy atom. The molecule has 0 fully saturated rings. The Kier molecular flexibility index (Phi) is 4.22. The first-order chi connectivity index (χ1) is 12.6. The summed E-state index contributed by atoms with van der Waals surface area (Å²) < 4.78 is 16.1. The summed E-state index contributed by atoms with van der Waals surface area (Å²) in [6, 6.07) is 16.2. The molecule has 0 aliphatic carbocycles. The van der Waals surface area contributed by atoms with Crippen LogP contribution in [0.5, 0.6) is 5.75 Å². The molecule has 2 aromatic carbocycles. The van der Waals surface area contributed by atoms with Gasteiger partial charge in [-0.15, -0.1) is 0 Å². The molecule has 4 rings (SSSR count). The summed E-state index contributed by atoms with van der Waals surface area (Å²) in [4.78, 5) is 12.0. The van der Waals surface area contributed by atoms with Crippen LogP contribution in [0.15, 0.2) is 68.3 Å². The molecular formula is C20H14ClNO4. The first-order valence-corrected chi connectivity index (χ1v) is 8.36. The van der Waals surface area contributed by atoms with Crippen molar-refractivity contribution in [1.29, 1.82) is 0 Å². The number of aromatic nitrogens is 1. The molecule has 0 bridgehead atoms. The van der Waals surface area contributed by atoms with Crippen molar-refractivity contribution in [2.75, 3.05) is 0 Å². The van der Waals surface area contributed by atoms with Crippen molar-refractivity contribution >= 4 is 22.6 Å². The van der Waals surface area contributed by atoms with Gasteiger partial charge in [0.2, 0.25) is 0 Å². The number of hydrogen-bond donors (Lipinski definition) is 0. The minimum atomic E-state index is -0.434. The van der Waals surface area contributed by atoms with Gasteiger partial charge in [-0.2, -0.15) is 0 Å². The van der Waals surface area contributed by atoms with E-state index in [9.17, 15) is 4.79 Å². The van der Waals surface area contributed by atoms with Crippen LogP contribution in [-0.4, -0.2) is 5.16 Å². The van der Waals surface area contributed by atoms with E-state index < -0.39 is 5.63 Å². The molecule has 0 atom stereocenters. The Morgan fingerprint density at radius 2 is 1.92 bits per heavy atom. The zero-order valence-corrected chi connectivity index (χ0v) is 14.6. The molecule has 0 N–H and O–H groups in total. The average molecular weight is 368 g/mol. The zero-order chi connectivity index (χ0) is 18.1. The van der Waals surface area contributed by atoms with Crippen LogP contribution in [0.2, 0.25) is 5.02 Å². The molecule has 5 nitrogen and oxygen atoms in total. The van der Waals surface area contributed by atoms with Crippen LogP contribution < -0.4 is 10.4 Å². The van der Waals surface area contributed by atoms with Crippen molar-refractivity contribution < 1.29 is 13.7 Å². The summed E-state index contributed by atoms with van der Waals surface area (Å²) in [6.07, 6.45) is 0.